The van der Waals surface area contributed by atoms with Gasteiger partial charge in [-0.2, -0.15) is 12.6 Å². The quantitative estimate of drug-likeness (QED) is 0.514. The maximum atomic E-state index is 12.0. The Morgan fingerprint density at radius 3 is 2.50 bits per heavy atom. The highest BCUT2D eigenvalue weighted by molar-refractivity contribution is 7.81. The lowest BCUT2D eigenvalue weighted by Crippen LogP contribution is -2.18. The highest BCUT2D eigenvalue weighted by Gasteiger charge is 2.17. The first-order valence-corrected chi connectivity index (χ1v) is 6.24. The third-order valence-corrected chi connectivity index (χ3v) is 3.12. The van der Waals surface area contributed by atoms with E-state index in [9.17, 15) is 14.9 Å². The first-order valence-electron chi connectivity index (χ1n) is 5.72. The van der Waals surface area contributed by atoms with Crippen molar-refractivity contribution >= 4 is 30.0 Å². The van der Waals surface area contributed by atoms with E-state index in [1.165, 1.54) is 24.3 Å². The average molecular weight is 289 g/mol. The number of anilines is 1. The van der Waals surface area contributed by atoms with Crippen LogP contribution in [-0.4, -0.2) is 15.8 Å². The normalized spacial score (nSPS) is 11.7. The van der Waals surface area contributed by atoms with E-state index >= 15 is 0 Å². The summed E-state index contributed by atoms with van der Waals surface area (Å²) in [5.74, 6) is 0.0827. The molecule has 1 aromatic heterocycles. The third kappa shape index (κ3) is 3.33. The maximum absolute atomic E-state index is 12.0. The van der Waals surface area contributed by atoms with Crippen LogP contribution >= 0.6 is 12.6 Å². The van der Waals surface area contributed by atoms with Crippen LogP contribution in [0.2, 0.25) is 0 Å². The standard InChI is InChI=1S/C13H11N3O3S/c17-13(15-11-3-1-2-8-14-11)12(20)9-4-6-10(7-5-9)16(18)19/h1-8,12,20H,(H,14,15,17). The fraction of sp³-hybridized carbons (Fsp3) is 0.0769. The molecule has 20 heavy (non-hydrogen) atoms. The molecule has 0 saturated heterocycles. The predicted octanol–water partition coefficient (Wildman–Crippen LogP) is 2.60. The molecule has 102 valence electrons. The molecule has 1 atom stereocenters. The van der Waals surface area contributed by atoms with Gasteiger partial charge in [-0.05, 0) is 17.7 Å². The summed E-state index contributed by atoms with van der Waals surface area (Å²) in [6.45, 7) is 0. The van der Waals surface area contributed by atoms with Gasteiger partial charge in [0.15, 0.2) is 0 Å². The van der Waals surface area contributed by atoms with Crippen molar-refractivity contribution < 1.29 is 9.72 Å². The monoisotopic (exact) mass is 289 g/mol. The van der Waals surface area contributed by atoms with Crippen molar-refractivity contribution in [2.45, 2.75) is 5.25 Å². The van der Waals surface area contributed by atoms with Crippen LogP contribution < -0.4 is 5.32 Å². The van der Waals surface area contributed by atoms with Crippen molar-refractivity contribution in [3.05, 3.63) is 64.3 Å². The number of hydrogen-bond donors (Lipinski definition) is 2. The molecule has 6 nitrogen and oxygen atoms in total. The molecule has 0 saturated carbocycles. The van der Waals surface area contributed by atoms with Crippen LogP contribution in [0.25, 0.3) is 0 Å². The van der Waals surface area contributed by atoms with Gasteiger partial charge < -0.3 is 5.32 Å². The number of non-ortho nitro benzene ring substituents is 1. The minimum Gasteiger partial charge on any atom is -0.309 e. The molecule has 0 fully saturated rings. The average Bonchev–Trinajstić information content (AvgIpc) is 2.47. The molecule has 0 radical (unpaired) electrons. The Hall–Kier alpha value is -2.41. The first-order chi connectivity index (χ1) is 9.58. The van der Waals surface area contributed by atoms with E-state index in [2.05, 4.69) is 22.9 Å². The van der Waals surface area contributed by atoms with Crippen LogP contribution in [0, 0.1) is 10.1 Å². The van der Waals surface area contributed by atoms with Crippen LogP contribution in [0.4, 0.5) is 11.5 Å². The van der Waals surface area contributed by atoms with Crippen LogP contribution in [-0.2, 0) is 4.79 Å². The second kappa shape index (κ2) is 6.16. The van der Waals surface area contributed by atoms with Crippen LogP contribution in [0.15, 0.2) is 48.7 Å². The van der Waals surface area contributed by atoms with Gasteiger partial charge in [0.2, 0.25) is 5.91 Å². The van der Waals surface area contributed by atoms with Crippen molar-refractivity contribution in [1.82, 2.24) is 4.98 Å². The van der Waals surface area contributed by atoms with Crippen molar-refractivity contribution in [2.24, 2.45) is 0 Å². The Morgan fingerprint density at radius 2 is 1.95 bits per heavy atom. The van der Waals surface area contributed by atoms with E-state index in [1.807, 2.05) is 0 Å². The van der Waals surface area contributed by atoms with E-state index in [-0.39, 0.29) is 11.6 Å². The van der Waals surface area contributed by atoms with Gasteiger partial charge in [0, 0.05) is 18.3 Å². The number of benzene rings is 1. The fourth-order valence-corrected chi connectivity index (χ4v) is 1.80. The zero-order valence-electron chi connectivity index (χ0n) is 10.3. The summed E-state index contributed by atoms with van der Waals surface area (Å²) in [7, 11) is 0. The Balaban J connectivity index is 2.08. The SMILES string of the molecule is O=C(Nc1ccccn1)C(S)c1ccc([N+](=O)[O-])cc1. The summed E-state index contributed by atoms with van der Waals surface area (Å²) in [5.41, 5.74) is 0.548. The highest BCUT2D eigenvalue weighted by Crippen LogP contribution is 2.23. The van der Waals surface area contributed by atoms with E-state index < -0.39 is 10.2 Å². The van der Waals surface area contributed by atoms with Crippen molar-refractivity contribution in [1.29, 1.82) is 0 Å². The Morgan fingerprint density at radius 1 is 1.25 bits per heavy atom. The minimum atomic E-state index is -0.724. The second-order valence-corrected chi connectivity index (χ2v) is 4.47. The summed E-state index contributed by atoms with van der Waals surface area (Å²) < 4.78 is 0. The topological polar surface area (TPSA) is 85.1 Å². The summed E-state index contributed by atoms with van der Waals surface area (Å²) in [6.07, 6.45) is 1.56. The molecule has 7 heteroatoms. The van der Waals surface area contributed by atoms with Crippen LogP contribution in [0.5, 0.6) is 0 Å². The maximum Gasteiger partial charge on any atom is 0.269 e. The van der Waals surface area contributed by atoms with Gasteiger partial charge in [-0.15, -0.1) is 0 Å². The lowest BCUT2D eigenvalue weighted by atomic mass is 10.1. The molecular weight excluding hydrogens is 278 g/mol. The van der Waals surface area contributed by atoms with Gasteiger partial charge in [-0.1, -0.05) is 18.2 Å². The number of hydrogen-bond acceptors (Lipinski definition) is 5. The van der Waals surface area contributed by atoms with Gasteiger partial charge in [0.1, 0.15) is 11.1 Å². The van der Waals surface area contributed by atoms with Crippen LogP contribution in [0.3, 0.4) is 0 Å². The number of nitro benzene ring substituents is 1. The van der Waals surface area contributed by atoms with E-state index in [1.54, 1.807) is 24.4 Å². The summed E-state index contributed by atoms with van der Waals surface area (Å²) >= 11 is 4.22. The highest BCUT2D eigenvalue weighted by atomic mass is 32.1. The molecule has 1 amide bonds. The largest absolute Gasteiger partial charge is 0.309 e. The number of amides is 1. The number of rotatable bonds is 4. The van der Waals surface area contributed by atoms with Gasteiger partial charge in [-0.3, -0.25) is 14.9 Å². The minimum absolute atomic E-state index is 0.0283. The second-order valence-electron chi connectivity index (χ2n) is 3.96. The summed E-state index contributed by atoms with van der Waals surface area (Å²) in [5, 5.41) is 12.4. The third-order valence-electron chi connectivity index (χ3n) is 2.58. The smallest absolute Gasteiger partial charge is 0.269 e. The van der Waals surface area contributed by atoms with Crippen LogP contribution in [0.1, 0.15) is 10.8 Å². The summed E-state index contributed by atoms with van der Waals surface area (Å²) in [4.78, 5) is 26.0. The number of carbonyl (C=O) groups is 1. The lowest BCUT2D eigenvalue weighted by molar-refractivity contribution is -0.384. The van der Waals surface area contributed by atoms with E-state index in [0.717, 1.165) is 0 Å². The Labute approximate surface area is 120 Å². The lowest BCUT2D eigenvalue weighted by Gasteiger charge is -2.11. The van der Waals surface area contributed by atoms with Gasteiger partial charge in [-0.25, -0.2) is 4.98 Å². The zero-order chi connectivity index (χ0) is 14.5. The Kier molecular flexibility index (Phi) is 4.31. The molecule has 1 heterocycles. The van der Waals surface area contributed by atoms with Crippen molar-refractivity contribution in [3.8, 4) is 0 Å². The van der Waals surface area contributed by atoms with Crippen molar-refractivity contribution in [3.63, 3.8) is 0 Å². The number of thiol groups is 1. The molecule has 2 rings (SSSR count). The molecule has 1 N–H and O–H groups in total. The van der Waals surface area contributed by atoms with Crippen molar-refractivity contribution in [2.75, 3.05) is 5.32 Å². The molecule has 0 spiro atoms. The van der Waals surface area contributed by atoms with E-state index in [0.29, 0.717) is 11.4 Å². The fourth-order valence-electron chi connectivity index (χ4n) is 1.56. The van der Waals surface area contributed by atoms with Gasteiger partial charge in [0.05, 0.1) is 4.92 Å². The number of pyridine rings is 1. The summed E-state index contributed by atoms with van der Waals surface area (Å²) in [6, 6.07) is 10.8. The molecule has 0 aliphatic carbocycles. The first kappa shape index (κ1) is 14.0. The number of nitro groups is 1. The number of carbonyl (C=O) groups excluding carboxylic acids is 1. The number of nitrogens with zero attached hydrogens (tertiary/aromatic N) is 2. The molecule has 1 aromatic carbocycles. The molecule has 2 aromatic rings. The number of nitrogens with one attached hydrogen (secondary N) is 1. The molecule has 1 unspecified atom stereocenters. The molecule has 0 aliphatic rings. The molecule has 0 bridgehead atoms. The van der Waals surface area contributed by atoms with Gasteiger partial charge >= 0.3 is 0 Å². The zero-order valence-corrected chi connectivity index (χ0v) is 11.2. The number of aromatic nitrogens is 1. The predicted molar refractivity (Wildman–Crippen MR) is 77.7 cm³/mol. The Bertz CT molecular complexity index is 617. The van der Waals surface area contributed by atoms with E-state index in [4.69, 9.17) is 0 Å². The molecule has 0 aliphatic heterocycles. The van der Waals surface area contributed by atoms with Gasteiger partial charge in [0.25, 0.3) is 5.69 Å². The molecular formula is C13H11N3O3S.